The number of rotatable bonds is 7. The van der Waals surface area contributed by atoms with Crippen LogP contribution in [0.2, 0.25) is 19.6 Å². The minimum absolute atomic E-state index is 0.0249. The van der Waals surface area contributed by atoms with E-state index in [9.17, 15) is 0 Å². The van der Waals surface area contributed by atoms with Crippen molar-refractivity contribution in [1.82, 2.24) is 0 Å². The molecule has 11 aromatic carbocycles. The van der Waals surface area contributed by atoms with Gasteiger partial charge in [-0.3, -0.25) is 9.80 Å². The van der Waals surface area contributed by atoms with E-state index < -0.39 is 18.9 Å². The summed E-state index contributed by atoms with van der Waals surface area (Å²) in [6.45, 7) is 88.4. The Balaban J connectivity index is 0.745. The molecule has 2 aromatic heterocycles. The Bertz CT molecular complexity index is 8080. The molecule has 2 unspecified atom stereocenters. The zero-order valence-corrected chi connectivity index (χ0v) is 98.8. The van der Waals surface area contributed by atoms with Gasteiger partial charge in [0.1, 0.15) is 11.5 Å². The van der Waals surface area contributed by atoms with Crippen LogP contribution >= 0.6 is 0 Å². The van der Waals surface area contributed by atoms with Crippen LogP contribution < -0.4 is 57.6 Å². The summed E-state index contributed by atoms with van der Waals surface area (Å²) in [7, 11) is -1.72. The zero-order valence-electron chi connectivity index (χ0n) is 97.8. The number of hydrogen-bond acceptors (Lipinski definition) is 6. The van der Waals surface area contributed by atoms with Crippen LogP contribution in [0.25, 0.3) is 33.4 Å². The van der Waals surface area contributed by atoms with E-state index in [2.05, 4.69) is 437 Å². The molecule has 4 bridgehead atoms. The topological polar surface area (TPSA) is 39.2 Å². The fourth-order valence-electron chi connectivity index (χ4n) is 32.3. The Morgan fingerprint density at radius 1 is 0.233 bits per heavy atom. The average molecular weight is 2000 g/mol. The lowest BCUT2D eigenvalue weighted by atomic mass is 9.32. The summed E-state index contributed by atoms with van der Waals surface area (Å²) in [5.41, 5.74) is 51.6. The quantitative estimate of drug-likeness (QED) is 0.148. The van der Waals surface area contributed by atoms with Gasteiger partial charge < -0.3 is 18.6 Å². The number of benzene rings is 11. The number of nitrogens with zero attached hydrogens (tertiary/aromatic N) is 4. The third-order valence-corrected chi connectivity index (χ3v) is 45.4. The molecule has 6 nitrogen and oxygen atoms in total. The van der Waals surface area contributed by atoms with Crippen molar-refractivity contribution in [3.63, 3.8) is 0 Å². The second-order valence-electron chi connectivity index (χ2n) is 61.1. The van der Waals surface area contributed by atoms with Crippen molar-refractivity contribution >= 4 is 128 Å². The maximum atomic E-state index is 8.40. The highest BCUT2D eigenvalue weighted by atomic mass is 28.3. The molecule has 0 N–H and O–H groups in total. The van der Waals surface area contributed by atoms with Crippen LogP contribution in [0.1, 0.15) is 422 Å². The fraction of sp³-hybridized carbons (Fsp3) is 0.475. The minimum atomic E-state index is -1.72. The first-order valence-corrected chi connectivity index (χ1v) is 61.7. The van der Waals surface area contributed by atoms with E-state index in [4.69, 9.17) is 8.83 Å². The van der Waals surface area contributed by atoms with Gasteiger partial charge in [-0.15, -0.1) is 0 Å². The average Bonchev–Trinajstić information content (AvgIpc) is 1.47. The normalized spacial score (nSPS) is 23.6. The molecule has 27 rings (SSSR count). The Kier molecular flexibility index (Phi) is 20.3. The van der Waals surface area contributed by atoms with Crippen LogP contribution in [-0.4, -0.2) is 21.5 Å². The summed E-state index contributed by atoms with van der Waals surface area (Å²) in [5.74, 6) is 4.32. The first-order chi connectivity index (χ1) is 69.9. The molecular weight excluding hydrogens is 1830 g/mol. The standard InChI is InChI=1S/C141H166B2N4O2Si/c1-81-65-112-118-113(66-81)145(107-76-99-95(128(7,8)51-55-132(99,15)16)71-90(107)84-41-46-89(47-42-84)150(33,34)35)111-80-103-104(75-106(111)143(118)120-116-122(139(29,30)60-59-137(116,25)26)148-124(120)144(112)88-45-48-93-94(70-88)127(5,6)50-49-126(93,3)4)140(31,63-61-136(103,23)24)87-38-36-37-85(69-87)92-73-97-100(133(17,18)56-53-130(97,11)12)77-108(92)146-110-79-102-98(131(13,14)54-58-135(102,21)22)74-105(110)142-119-114(146)67-82(2)68-115(119)147-109-78-101-96(129(9,10)52-57-134(101,19)20)72-91(109)83-39-43-86(44-40-83)141(32)64-62-138(27,28)117-121(142)125(147)149-123(117)141/h36-48,65-80H,49-64H2,1-35H3. The molecule has 0 fully saturated rings. The third-order valence-electron chi connectivity index (χ3n) is 43.3. The number of anilines is 12. The Morgan fingerprint density at radius 3 is 1.00 bits per heavy atom. The second-order valence-corrected chi connectivity index (χ2v) is 66.2. The predicted octanol–water partition coefficient (Wildman–Crippen LogP) is 34.4. The lowest BCUT2D eigenvalue weighted by Gasteiger charge is -2.49. The molecule has 6 aliphatic heterocycles. The molecule has 9 heteroatoms. The van der Waals surface area contributed by atoms with Crippen molar-refractivity contribution < 1.29 is 8.83 Å². The van der Waals surface area contributed by atoms with Gasteiger partial charge in [0.25, 0.3) is 13.4 Å². The Morgan fingerprint density at radius 2 is 0.553 bits per heavy atom. The highest BCUT2D eigenvalue weighted by Crippen LogP contribution is 2.66. The molecule has 0 radical (unpaired) electrons. The van der Waals surface area contributed by atoms with Gasteiger partial charge in [-0.05, 0) is 428 Å². The summed E-state index contributed by atoms with van der Waals surface area (Å²) < 4.78 is 16.7. The maximum Gasteiger partial charge on any atom is 0.256 e. The van der Waals surface area contributed by atoms with Crippen LogP contribution in [0, 0.1) is 13.8 Å². The molecule has 13 aromatic rings. The second kappa shape index (κ2) is 30.8. The van der Waals surface area contributed by atoms with E-state index >= 15 is 0 Å². The number of aryl methyl sites for hydroxylation is 2. The number of hydrogen-bond donors (Lipinski definition) is 0. The van der Waals surface area contributed by atoms with E-state index in [1.54, 1.807) is 0 Å². The van der Waals surface area contributed by atoms with E-state index in [0.29, 0.717) is 0 Å². The summed E-state index contributed by atoms with van der Waals surface area (Å²) >= 11 is 0. The maximum absolute atomic E-state index is 8.40. The fourth-order valence-corrected chi connectivity index (χ4v) is 33.5. The van der Waals surface area contributed by atoms with Gasteiger partial charge in [0, 0.05) is 67.3 Å². The van der Waals surface area contributed by atoms with Crippen molar-refractivity contribution in [2.24, 2.45) is 0 Å². The van der Waals surface area contributed by atoms with Crippen LogP contribution in [0.15, 0.2) is 185 Å². The molecule has 0 spiro atoms. The summed E-state index contributed by atoms with van der Waals surface area (Å²) in [4.78, 5) is 11.2. The SMILES string of the molecule is Cc1cc2c3c(c1)N(c1ccc4c(c1)C(C)(C)CCC4(C)C)c1oc4c(c1B3c1cc3c(cc1N2c1cc2c(cc1-c1ccc([Si](C)(C)C)cc1)C(C)(C)CCC2(C)C)C(C)(C)CCC3(C)c1cccc(-c2cc3c(cc2N2c5cc6c(cc5B5c7c2cc(C)cc7N2c7cc8c(cc7-c7ccc(cc7)C7(C)CCC(C)(C)c9c7oc2c95)C(C)(C)CCC8(C)C)C(C)(C)CCC6(C)C)C(C)(C)CCC3(C)C)c1)C(C)(C)CCC4(C)C. The van der Waals surface area contributed by atoms with Gasteiger partial charge in [0.2, 0.25) is 0 Å². The van der Waals surface area contributed by atoms with Crippen molar-refractivity contribution in [3.8, 4) is 33.4 Å². The van der Waals surface area contributed by atoms with Gasteiger partial charge in [0.05, 0.1) is 30.6 Å². The molecular formula is C141H166B2N4O2Si. The number of furan rings is 2. The largest absolute Gasteiger partial charge is 0.444 e. The van der Waals surface area contributed by atoms with Crippen molar-refractivity contribution in [2.45, 2.75) is 431 Å². The molecule has 14 aliphatic rings. The monoisotopic (exact) mass is 2000 g/mol. The molecule has 8 aliphatic carbocycles. The van der Waals surface area contributed by atoms with Crippen LogP contribution in [0.3, 0.4) is 0 Å². The van der Waals surface area contributed by atoms with E-state index in [1.165, 1.54) is 228 Å². The molecule has 0 amide bonds. The van der Waals surface area contributed by atoms with Gasteiger partial charge in [-0.25, -0.2) is 0 Å². The lowest BCUT2D eigenvalue weighted by Crippen LogP contribution is -2.63. The van der Waals surface area contributed by atoms with Gasteiger partial charge in [0.15, 0.2) is 11.8 Å². The van der Waals surface area contributed by atoms with Gasteiger partial charge in [-0.2, -0.15) is 0 Å². The van der Waals surface area contributed by atoms with E-state index in [1.807, 2.05) is 0 Å². The molecule has 8 heterocycles. The van der Waals surface area contributed by atoms with E-state index in [-0.39, 0.29) is 89.2 Å². The van der Waals surface area contributed by atoms with Crippen molar-refractivity contribution in [3.05, 3.63) is 288 Å². The van der Waals surface area contributed by atoms with Gasteiger partial charge >= 0.3 is 0 Å². The Hall–Kier alpha value is -10.5. The Labute approximate surface area is 901 Å². The molecule has 0 saturated carbocycles. The number of fused-ring (bicyclic) bond motifs is 18. The van der Waals surface area contributed by atoms with Crippen molar-refractivity contribution in [1.29, 1.82) is 0 Å². The lowest BCUT2D eigenvalue weighted by molar-refractivity contribution is 0.280. The summed E-state index contributed by atoms with van der Waals surface area (Å²) in [6, 6.07) is 76.1. The highest BCUT2D eigenvalue weighted by molar-refractivity contribution is 7.01. The minimum Gasteiger partial charge on any atom is -0.444 e. The molecule has 772 valence electrons. The summed E-state index contributed by atoms with van der Waals surface area (Å²) in [5, 5.41) is 1.48. The summed E-state index contributed by atoms with van der Waals surface area (Å²) in [6.07, 6.45) is 17.3. The molecule has 0 saturated heterocycles. The first kappa shape index (κ1) is 98.9. The zero-order chi connectivity index (χ0) is 106. The molecule has 2 atom stereocenters. The predicted molar refractivity (Wildman–Crippen MR) is 643 cm³/mol. The van der Waals surface area contributed by atoms with Crippen LogP contribution in [0.5, 0.6) is 0 Å². The highest BCUT2D eigenvalue weighted by Gasteiger charge is 2.60. The van der Waals surface area contributed by atoms with Crippen LogP contribution in [-0.2, 0) is 86.6 Å². The van der Waals surface area contributed by atoms with Crippen LogP contribution in [0.4, 0.5) is 68.6 Å². The van der Waals surface area contributed by atoms with E-state index in [0.717, 1.165) is 126 Å². The van der Waals surface area contributed by atoms with Gasteiger partial charge in [-0.1, -0.05) is 317 Å². The first-order valence-electron chi connectivity index (χ1n) is 58.2. The molecule has 150 heavy (non-hydrogen) atoms. The smallest absolute Gasteiger partial charge is 0.256 e. The third kappa shape index (κ3) is 13.8. The van der Waals surface area contributed by atoms with Crippen molar-refractivity contribution in [2.75, 3.05) is 19.6 Å².